The van der Waals surface area contributed by atoms with E-state index in [0.29, 0.717) is 45.8 Å². The van der Waals surface area contributed by atoms with Gasteiger partial charge < -0.3 is 14.4 Å². The average Bonchev–Trinajstić information content (AvgIpc) is 3.07. The number of halogens is 2. The van der Waals surface area contributed by atoms with Crippen LogP contribution in [0.15, 0.2) is 18.2 Å². The summed E-state index contributed by atoms with van der Waals surface area (Å²) in [6, 6.07) is 3.67. The van der Waals surface area contributed by atoms with Gasteiger partial charge in [-0.05, 0) is 26.0 Å². The van der Waals surface area contributed by atoms with Crippen molar-refractivity contribution in [2.45, 2.75) is 30.4 Å². The van der Waals surface area contributed by atoms with Crippen molar-refractivity contribution in [1.29, 1.82) is 0 Å². The lowest BCUT2D eigenvalue weighted by Crippen LogP contribution is -2.50. The van der Waals surface area contributed by atoms with Gasteiger partial charge in [0.1, 0.15) is 11.6 Å². The molecule has 3 heterocycles. The van der Waals surface area contributed by atoms with Crippen molar-refractivity contribution in [1.82, 2.24) is 9.80 Å². The lowest BCUT2D eigenvalue weighted by Gasteiger charge is -2.39. The molecule has 1 amide bonds. The highest BCUT2D eigenvalue weighted by Gasteiger charge is 2.49. The second-order valence-electron chi connectivity index (χ2n) is 7.49. The summed E-state index contributed by atoms with van der Waals surface area (Å²) in [6.45, 7) is 3.37. The van der Waals surface area contributed by atoms with Crippen molar-refractivity contribution >= 4 is 5.91 Å². The molecule has 3 aliphatic rings. The van der Waals surface area contributed by atoms with Crippen molar-refractivity contribution in [2.75, 3.05) is 46.5 Å². The van der Waals surface area contributed by atoms with Gasteiger partial charge in [0.15, 0.2) is 0 Å². The van der Waals surface area contributed by atoms with Crippen LogP contribution in [-0.4, -0.2) is 74.4 Å². The fourth-order valence-corrected chi connectivity index (χ4v) is 4.52. The molecule has 4 rings (SSSR count). The van der Waals surface area contributed by atoms with Crippen LogP contribution in [0.3, 0.4) is 0 Å². The van der Waals surface area contributed by atoms with Gasteiger partial charge in [0.05, 0.1) is 24.2 Å². The number of likely N-dealkylation sites (tertiary alicyclic amines) is 1. The van der Waals surface area contributed by atoms with E-state index in [1.54, 1.807) is 4.90 Å². The molecule has 0 saturated carbocycles. The van der Waals surface area contributed by atoms with Crippen LogP contribution < -0.4 is 0 Å². The first-order chi connectivity index (χ1) is 12.5. The standard InChI is InChI=1S/C19H24F2N2O3/c1-22-6-9-26-17-12-23(11-16(17)22)18(24)19(4-7-25-8-5-19)14-3-2-13(20)10-15(14)21/h2-3,10,16-17H,4-9,11-12H2,1H3/t16-,17+/m0/s1. The summed E-state index contributed by atoms with van der Waals surface area (Å²) >= 11 is 0. The molecule has 0 bridgehead atoms. The van der Waals surface area contributed by atoms with E-state index in [1.807, 2.05) is 7.05 Å². The molecule has 7 heteroatoms. The van der Waals surface area contributed by atoms with E-state index in [1.165, 1.54) is 12.1 Å². The summed E-state index contributed by atoms with van der Waals surface area (Å²) in [4.78, 5) is 17.6. The molecular weight excluding hydrogens is 342 g/mol. The number of carbonyl (C=O) groups excluding carboxylic acids is 1. The Labute approximate surface area is 151 Å². The number of ether oxygens (including phenoxy) is 2. The van der Waals surface area contributed by atoms with E-state index in [4.69, 9.17) is 9.47 Å². The van der Waals surface area contributed by atoms with Crippen LogP contribution in [0.5, 0.6) is 0 Å². The van der Waals surface area contributed by atoms with Crippen molar-refractivity contribution in [3.05, 3.63) is 35.4 Å². The van der Waals surface area contributed by atoms with Gasteiger partial charge in [-0.15, -0.1) is 0 Å². The number of rotatable bonds is 2. The summed E-state index contributed by atoms with van der Waals surface area (Å²) in [5.41, 5.74) is -0.724. The normalized spacial score (nSPS) is 28.8. The number of benzene rings is 1. The Morgan fingerprint density at radius 3 is 2.65 bits per heavy atom. The van der Waals surface area contributed by atoms with E-state index < -0.39 is 17.0 Å². The molecule has 5 nitrogen and oxygen atoms in total. The van der Waals surface area contributed by atoms with Crippen LogP contribution in [0.25, 0.3) is 0 Å². The van der Waals surface area contributed by atoms with Gasteiger partial charge in [-0.1, -0.05) is 6.07 Å². The van der Waals surface area contributed by atoms with E-state index >= 15 is 0 Å². The highest BCUT2D eigenvalue weighted by molar-refractivity contribution is 5.89. The first-order valence-corrected chi connectivity index (χ1v) is 9.16. The molecule has 0 aromatic heterocycles. The largest absolute Gasteiger partial charge is 0.381 e. The molecule has 3 saturated heterocycles. The zero-order valence-corrected chi connectivity index (χ0v) is 14.9. The molecule has 26 heavy (non-hydrogen) atoms. The summed E-state index contributed by atoms with van der Waals surface area (Å²) in [6.07, 6.45) is 0.793. The van der Waals surface area contributed by atoms with E-state index in [-0.39, 0.29) is 23.6 Å². The number of fused-ring (bicyclic) bond motifs is 1. The Morgan fingerprint density at radius 2 is 1.96 bits per heavy atom. The van der Waals surface area contributed by atoms with Gasteiger partial charge in [-0.2, -0.15) is 0 Å². The number of morpholine rings is 1. The molecule has 3 aliphatic heterocycles. The van der Waals surface area contributed by atoms with Gasteiger partial charge in [0.25, 0.3) is 0 Å². The second kappa shape index (κ2) is 6.87. The summed E-state index contributed by atoms with van der Waals surface area (Å²) in [5.74, 6) is -1.40. The zero-order valence-electron chi connectivity index (χ0n) is 14.9. The lowest BCUT2D eigenvalue weighted by molar-refractivity contribution is -0.141. The van der Waals surface area contributed by atoms with Gasteiger partial charge in [-0.25, -0.2) is 8.78 Å². The van der Waals surface area contributed by atoms with Crippen molar-refractivity contribution < 1.29 is 23.0 Å². The minimum absolute atomic E-state index is 0.00680. The average molecular weight is 366 g/mol. The van der Waals surface area contributed by atoms with E-state index in [9.17, 15) is 13.6 Å². The smallest absolute Gasteiger partial charge is 0.233 e. The third kappa shape index (κ3) is 2.92. The van der Waals surface area contributed by atoms with E-state index in [0.717, 1.165) is 12.6 Å². The first kappa shape index (κ1) is 17.8. The van der Waals surface area contributed by atoms with Crippen LogP contribution >= 0.6 is 0 Å². The monoisotopic (exact) mass is 366 g/mol. The minimum Gasteiger partial charge on any atom is -0.381 e. The van der Waals surface area contributed by atoms with Gasteiger partial charge >= 0.3 is 0 Å². The molecule has 0 unspecified atom stereocenters. The predicted octanol–water partition coefficient (Wildman–Crippen LogP) is 1.55. The van der Waals surface area contributed by atoms with Crippen LogP contribution in [0, 0.1) is 11.6 Å². The third-order valence-corrected chi connectivity index (χ3v) is 6.07. The molecule has 1 aromatic rings. The van der Waals surface area contributed by atoms with Crippen LogP contribution in [0.4, 0.5) is 8.78 Å². The first-order valence-electron chi connectivity index (χ1n) is 9.16. The number of nitrogens with zero attached hydrogens (tertiary/aromatic N) is 2. The van der Waals surface area contributed by atoms with Crippen LogP contribution in [-0.2, 0) is 19.7 Å². The highest BCUT2D eigenvalue weighted by Crippen LogP contribution is 2.39. The Morgan fingerprint density at radius 1 is 1.19 bits per heavy atom. The molecule has 3 fully saturated rings. The highest BCUT2D eigenvalue weighted by atomic mass is 19.1. The Kier molecular flexibility index (Phi) is 4.71. The fourth-order valence-electron chi connectivity index (χ4n) is 4.52. The van der Waals surface area contributed by atoms with Gasteiger partial charge in [0, 0.05) is 44.5 Å². The molecule has 0 radical (unpaired) electrons. The lowest BCUT2D eigenvalue weighted by atomic mass is 9.72. The SMILES string of the molecule is CN1CCO[C@@H]2CN(C(=O)C3(c4ccc(F)cc4F)CCOCC3)C[C@@H]21. The summed E-state index contributed by atoms with van der Waals surface area (Å²) < 4.78 is 39.3. The number of amides is 1. The van der Waals surface area contributed by atoms with Crippen molar-refractivity contribution in [3.63, 3.8) is 0 Å². The number of likely N-dealkylation sites (N-methyl/N-ethyl adjacent to an activating group) is 1. The van der Waals surface area contributed by atoms with Crippen molar-refractivity contribution in [3.8, 4) is 0 Å². The Bertz CT molecular complexity index is 693. The van der Waals surface area contributed by atoms with E-state index in [2.05, 4.69) is 4.90 Å². The third-order valence-electron chi connectivity index (χ3n) is 6.07. The van der Waals surface area contributed by atoms with Crippen LogP contribution in [0.2, 0.25) is 0 Å². The number of hydrogen-bond donors (Lipinski definition) is 0. The maximum absolute atomic E-state index is 14.6. The molecular formula is C19H24F2N2O3. The Balaban J connectivity index is 1.65. The molecule has 2 atom stereocenters. The maximum Gasteiger partial charge on any atom is 0.233 e. The van der Waals surface area contributed by atoms with Gasteiger partial charge in [0.2, 0.25) is 5.91 Å². The molecule has 1 aromatic carbocycles. The zero-order chi connectivity index (χ0) is 18.3. The molecule has 142 valence electrons. The van der Waals surface area contributed by atoms with Gasteiger partial charge in [-0.3, -0.25) is 9.69 Å². The summed E-state index contributed by atoms with van der Waals surface area (Å²) in [7, 11) is 2.04. The minimum atomic E-state index is -0.998. The quantitative estimate of drug-likeness (QED) is 0.797. The molecule has 0 N–H and O–H groups in total. The fraction of sp³-hybridized carbons (Fsp3) is 0.632. The predicted molar refractivity (Wildman–Crippen MR) is 90.8 cm³/mol. The number of hydrogen-bond acceptors (Lipinski definition) is 4. The second-order valence-corrected chi connectivity index (χ2v) is 7.49. The van der Waals surface area contributed by atoms with Crippen LogP contribution in [0.1, 0.15) is 18.4 Å². The maximum atomic E-state index is 14.6. The Hall–Kier alpha value is -1.57. The molecule has 0 spiro atoms. The van der Waals surface area contributed by atoms with Crippen molar-refractivity contribution in [2.24, 2.45) is 0 Å². The summed E-state index contributed by atoms with van der Waals surface area (Å²) in [5, 5.41) is 0. The number of carbonyl (C=O) groups is 1. The topological polar surface area (TPSA) is 42.0 Å². The molecule has 0 aliphatic carbocycles.